The standard InChI is InChI=1S/C10H17N3O4/c1-11-4-7(14)8(15)6-5-13(2)9(12-6)10(16)17-3/h5,7-8,11,14-15H,4H2,1-3H3. The van der Waals surface area contributed by atoms with Crippen LogP contribution < -0.4 is 5.32 Å². The fraction of sp³-hybridized carbons (Fsp3) is 0.600. The summed E-state index contributed by atoms with van der Waals surface area (Å²) in [6, 6.07) is 0. The summed E-state index contributed by atoms with van der Waals surface area (Å²) >= 11 is 0. The molecule has 2 unspecified atom stereocenters. The van der Waals surface area contributed by atoms with Crippen molar-refractivity contribution in [2.45, 2.75) is 12.2 Å². The number of rotatable bonds is 5. The molecular formula is C10H17N3O4. The maximum Gasteiger partial charge on any atom is 0.374 e. The van der Waals surface area contributed by atoms with Gasteiger partial charge in [-0.05, 0) is 7.05 Å². The van der Waals surface area contributed by atoms with Gasteiger partial charge >= 0.3 is 5.97 Å². The zero-order valence-electron chi connectivity index (χ0n) is 10.0. The Labute approximate surface area is 99.0 Å². The number of hydrogen-bond donors (Lipinski definition) is 3. The number of aromatic nitrogens is 2. The molecule has 0 spiro atoms. The van der Waals surface area contributed by atoms with E-state index in [0.29, 0.717) is 0 Å². The highest BCUT2D eigenvalue weighted by Crippen LogP contribution is 2.16. The molecule has 0 aliphatic heterocycles. The van der Waals surface area contributed by atoms with Gasteiger partial charge in [0.05, 0.1) is 18.9 Å². The third-order valence-electron chi connectivity index (χ3n) is 2.34. The summed E-state index contributed by atoms with van der Waals surface area (Å²) < 4.78 is 5.98. The lowest BCUT2D eigenvalue weighted by atomic mass is 10.1. The first-order valence-electron chi connectivity index (χ1n) is 5.13. The minimum atomic E-state index is -1.15. The SMILES string of the molecule is CNCC(O)C(O)c1cn(C)c(C(=O)OC)n1. The van der Waals surface area contributed by atoms with Crippen molar-refractivity contribution in [2.75, 3.05) is 20.7 Å². The second kappa shape index (κ2) is 5.76. The first kappa shape index (κ1) is 13.6. The highest BCUT2D eigenvalue weighted by molar-refractivity contribution is 5.85. The van der Waals surface area contributed by atoms with Crippen LogP contribution in [-0.4, -0.2) is 52.5 Å². The van der Waals surface area contributed by atoms with E-state index >= 15 is 0 Å². The molecule has 0 saturated carbocycles. The largest absolute Gasteiger partial charge is 0.463 e. The van der Waals surface area contributed by atoms with Gasteiger partial charge in [-0.2, -0.15) is 0 Å². The van der Waals surface area contributed by atoms with Gasteiger partial charge in [0.25, 0.3) is 0 Å². The van der Waals surface area contributed by atoms with Crippen LogP contribution in [-0.2, 0) is 11.8 Å². The van der Waals surface area contributed by atoms with Gasteiger partial charge in [0, 0.05) is 19.8 Å². The first-order valence-corrected chi connectivity index (χ1v) is 5.13. The number of carbonyl (C=O) groups is 1. The number of likely N-dealkylation sites (N-methyl/N-ethyl adjacent to an activating group) is 1. The number of nitrogens with one attached hydrogen (secondary N) is 1. The van der Waals surface area contributed by atoms with Crippen molar-refractivity contribution in [3.63, 3.8) is 0 Å². The van der Waals surface area contributed by atoms with Crippen LogP contribution in [0.25, 0.3) is 0 Å². The Balaban J connectivity index is 2.89. The molecule has 0 fully saturated rings. The van der Waals surface area contributed by atoms with Gasteiger partial charge in [0.15, 0.2) is 0 Å². The normalized spacial score (nSPS) is 14.4. The van der Waals surface area contributed by atoms with Crippen LogP contribution in [0.15, 0.2) is 6.20 Å². The maximum absolute atomic E-state index is 11.3. The van der Waals surface area contributed by atoms with E-state index in [-0.39, 0.29) is 18.1 Å². The van der Waals surface area contributed by atoms with E-state index in [1.54, 1.807) is 14.1 Å². The van der Waals surface area contributed by atoms with E-state index < -0.39 is 18.2 Å². The number of carbonyl (C=O) groups excluding carboxylic acids is 1. The molecule has 0 aliphatic carbocycles. The van der Waals surface area contributed by atoms with E-state index in [1.807, 2.05) is 0 Å². The number of imidazole rings is 1. The van der Waals surface area contributed by atoms with E-state index in [9.17, 15) is 15.0 Å². The van der Waals surface area contributed by atoms with Gasteiger partial charge in [-0.25, -0.2) is 9.78 Å². The molecule has 1 heterocycles. The van der Waals surface area contributed by atoms with Crippen molar-refractivity contribution < 1.29 is 19.7 Å². The molecule has 7 nitrogen and oxygen atoms in total. The molecule has 1 aromatic heterocycles. The molecule has 3 N–H and O–H groups in total. The third kappa shape index (κ3) is 3.02. The Bertz CT molecular complexity index is 391. The van der Waals surface area contributed by atoms with Crippen molar-refractivity contribution >= 4 is 5.97 Å². The second-order valence-electron chi connectivity index (χ2n) is 3.66. The van der Waals surface area contributed by atoms with Crippen LogP contribution in [0.3, 0.4) is 0 Å². The fourth-order valence-electron chi connectivity index (χ4n) is 1.43. The Hall–Kier alpha value is -1.44. The van der Waals surface area contributed by atoms with E-state index in [1.165, 1.54) is 17.9 Å². The number of aryl methyl sites for hydroxylation is 1. The Morgan fingerprint density at radius 2 is 2.29 bits per heavy atom. The molecule has 0 amide bonds. The average molecular weight is 243 g/mol. The maximum atomic E-state index is 11.3. The molecule has 7 heteroatoms. The molecule has 0 radical (unpaired) electrons. The molecule has 0 aliphatic rings. The number of esters is 1. The van der Waals surface area contributed by atoms with Gasteiger partial charge in [-0.3, -0.25) is 0 Å². The number of ether oxygens (including phenoxy) is 1. The number of methoxy groups -OCH3 is 1. The summed E-state index contributed by atoms with van der Waals surface area (Å²) in [6.07, 6.45) is -0.650. The quantitative estimate of drug-likeness (QED) is 0.563. The van der Waals surface area contributed by atoms with Crippen LogP contribution in [0.1, 0.15) is 22.4 Å². The first-order chi connectivity index (χ1) is 8.01. The molecule has 0 aromatic carbocycles. The predicted octanol–water partition coefficient (Wildman–Crippen LogP) is -1.18. The van der Waals surface area contributed by atoms with Crippen LogP contribution >= 0.6 is 0 Å². The minimum absolute atomic E-state index is 0.0817. The summed E-state index contributed by atoms with van der Waals surface area (Å²) in [7, 11) is 4.52. The molecule has 1 aromatic rings. The predicted molar refractivity (Wildman–Crippen MR) is 59.4 cm³/mol. The number of nitrogens with zero attached hydrogens (tertiary/aromatic N) is 2. The second-order valence-corrected chi connectivity index (χ2v) is 3.66. The highest BCUT2D eigenvalue weighted by Gasteiger charge is 2.23. The monoisotopic (exact) mass is 243 g/mol. The molecule has 0 saturated heterocycles. The third-order valence-corrected chi connectivity index (χ3v) is 2.34. The van der Waals surface area contributed by atoms with Gasteiger partial charge in [0.1, 0.15) is 6.10 Å². The van der Waals surface area contributed by atoms with Gasteiger partial charge in [-0.15, -0.1) is 0 Å². The van der Waals surface area contributed by atoms with Crippen molar-refractivity contribution in [3.8, 4) is 0 Å². The van der Waals surface area contributed by atoms with E-state index in [4.69, 9.17) is 0 Å². The smallest absolute Gasteiger partial charge is 0.374 e. The summed E-state index contributed by atoms with van der Waals surface area (Å²) in [5, 5.41) is 22.1. The summed E-state index contributed by atoms with van der Waals surface area (Å²) in [4.78, 5) is 15.2. The van der Waals surface area contributed by atoms with Gasteiger partial charge in [0.2, 0.25) is 5.82 Å². The lowest BCUT2D eigenvalue weighted by Gasteiger charge is -2.14. The molecule has 96 valence electrons. The number of hydrogen-bond acceptors (Lipinski definition) is 6. The minimum Gasteiger partial charge on any atom is -0.463 e. The molecule has 1 rings (SSSR count). The lowest BCUT2D eigenvalue weighted by Crippen LogP contribution is -2.29. The average Bonchev–Trinajstić information content (AvgIpc) is 2.69. The zero-order valence-corrected chi connectivity index (χ0v) is 10.0. The van der Waals surface area contributed by atoms with Crippen molar-refractivity contribution in [1.82, 2.24) is 14.9 Å². The van der Waals surface area contributed by atoms with Crippen LogP contribution in [0.5, 0.6) is 0 Å². The highest BCUT2D eigenvalue weighted by atomic mass is 16.5. The van der Waals surface area contributed by atoms with Gasteiger partial charge < -0.3 is 24.8 Å². The van der Waals surface area contributed by atoms with Crippen molar-refractivity contribution in [2.24, 2.45) is 7.05 Å². The number of aliphatic hydroxyl groups is 2. The molecule has 0 bridgehead atoms. The zero-order chi connectivity index (χ0) is 13.0. The number of aliphatic hydroxyl groups excluding tert-OH is 2. The van der Waals surface area contributed by atoms with Crippen molar-refractivity contribution in [1.29, 1.82) is 0 Å². The Morgan fingerprint density at radius 1 is 1.65 bits per heavy atom. The van der Waals surface area contributed by atoms with E-state index in [0.717, 1.165) is 0 Å². The fourth-order valence-corrected chi connectivity index (χ4v) is 1.43. The molecular weight excluding hydrogens is 226 g/mol. The summed E-state index contributed by atoms with van der Waals surface area (Å²) in [6.45, 7) is 0.227. The summed E-state index contributed by atoms with van der Waals surface area (Å²) in [5.74, 6) is -0.507. The molecule has 2 atom stereocenters. The lowest BCUT2D eigenvalue weighted by molar-refractivity contribution is 0.0177. The Morgan fingerprint density at radius 3 is 2.82 bits per heavy atom. The Kier molecular flexibility index (Phi) is 4.62. The summed E-state index contributed by atoms with van der Waals surface area (Å²) in [5.41, 5.74) is 0.232. The topological polar surface area (TPSA) is 96.6 Å². The molecule has 17 heavy (non-hydrogen) atoms. The van der Waals surface area contributed by atoms with Crippen LogP contribution in [0.4, 0.5) is 0 Å². The van der Waals surface area contributed by atoms with Crippen LogP contribution in [0.2, 0.25) is 0 Å². The van der Waals surface area contributed by atoms with Crippen LogP contribution in [0, 0.1) is 0 Å². The van der Waals surface area contributed by atoms with E-state index in [2.05, 4.69) is 15.0 Å². The van der Waals surface area contributed by atoms with Gasteiger partial charge in [-0.1, -0.05) is 0 Å². The van der Waals surface area contributed by atoms with Crippen molar-refractivity contribution in [3.05, 3.63) is 17.7 Å².